The van der Waals surface area contributed by atoms with E-state index in [1.807, 2.05) is 39.4 Å². The average Bonchev–Trinajstić information content (AvgIpc) is 2.91. The first-order chi connectivity index (χ1) is 9.86. The SMILES string of the molecule is O=C(/C=C/c1ccsc1)Nc1cc(C(F)(F)F)ccc1I. The van der Waals surface area contributed by atoms with Gasteiger partial charge in [0.1, 0.15) is 0 Å². The maximum atomic E-state index is 12.6. The molecule has 110 valence electrons. The molecule has 0 aliphatic carbocycles. The van der Waals surface area contributed by atoms with Crippen LogP contribution in [0.15, 0.2) is 41.1 Å². The molecule has 1 aromatic carbocycles. The molecule has 2 aromatic rings. The zero-order chi connectivity index (χ0) is 15.5. The Bertz CT molecular complexity index is 665. The molecule has 0 radical (unpaired) electrons. The number of hydrogen-bond donors (Lipinski definition) is 1. The summed E-state index contributed by atoms with van der Waals surface area (Å²) < 4.78 is 38.5. The van der Waals surface area contributed by atoms with E-state index in [0.29, 0.717) is 3.57 Å². The minimum absolute atomic E-state index is 0.144. The molecule has 0 saturated heterocycles. The molecule has 1 heterocycles. The number of thiophene rings is 1. The Labute approximate surface area is 136 Å². The first-order valence-electron chi connectivity index (χ1n) is 5.74. The lowest BCUT2D eigenvalue weighted by Crippen LogP contribution is -2.11. The predicted molar refractivity (Wildman–Crippen MR) is 86.1 cm³/mol. The summed E-state index contributed by atoms with van der Waals surface area (Å²) in [5, 5.41) is 6.18. The van der Waals surface area contributed by atoms with Gasteiger partial charge in [-0.2, -0.15) is 24.5 Å². The number of halogens is 4. The third-order valence-corrected chi connectivity index (χ3v) is 4.16. The molecule has 7 heteroatoms. The van der Waals surface area contributed by atoms with Crippen molar-refractivity contribution in [3.05, 3.63) is 55.8 Å². The van der Waals surface area contributed by atoms with E-state index in [1.165, 1.54) is 23.5 Å². The number of benzene rings is 1. The van der Waals surface area contributed by atoms with Gasteiger partial charge in [0.25, 0.3) is 0 Å². The highest BCUT2D eigenvalue weighted by Gasteiger charge is 2.30. The molecule has 0 aliphatic heterocycles. The van der Waals surface area contributed by atoms with Gasteiger partial charge in [-0.25, -0.2) is 0 Å². The van der Waals surface area contributed by atoms with Crippen LogP contribution in [0.3, 0.4) is 0 Å². The first kappa shape index (κ1) is 16.0. The lowest BCUT2D eigenvalue weighted by Gasteiger charge is -2.10. The summed E-state index contributed by atoms with van der Waals surface area (Å²) in [6.45, 7) is 0. The Hall–Kier alpha value is -1.35. The average molecular weight is 423 g/mol. The Balaban J connectivity index is 2.13. The standard InChI is InChI=1S/C14H9F3INOS/c15-14(16,17)10-2-3-11(18)12(7-10)19-13(20)4-1-9-5-6-21-8-9/h1-8H,(H,19,20)/b4-1+. The molecule has 0 saturated carbocycles. The molecule has 1 N–H and O–H groups in total. The fourth-order valence-corrected chi connectivity index (χ4v) is 2.61. The lowest BCUT2D eigenvalue weighted by molar-refractivity contribution is -0.137. The van der Waals surface area contributed by atoms with Crippen molar-refractivity contribution >= 4 is 51.6 Å². The molecule has 0 atom stereocenters. The highest BCUT2D eigenvalue weighted by molar-refractivity contribution is 14.1. The van der Waals surface area contributed by atoms with Crippen LogP contribution in [-0.4, -0.2) is 5.91 Å². The number of carbonyl (C=O) groups is 1. The van der Waals surface area contributed by atoms with Crippen molar-refractivity contribution < 1.29 is 18.0 Å². The van der Waals surface area contributed by atoms with E-state index < -0.39 is 17.6 Å². The fourth-order valence-electron chi connectivity index (χ4n) is 1.51. The summed E-state index contributed by atoms with van der Waals surface area (Å²) in [7, 11) is 0. The fraction of sp³-hybridized carbons (Fsp3) is 0.0714. The number of rotatable bonds is 3. The van der Waals surface area contributed by atoms with Crippen LogP contribution in [-0.2, 0) is 11.0 Å². The van der Waals surface area contributed by atoms with Gasteiger partial charge in [-0.05, 0) is 69.3 Å². The van der Waals surface area contributed by atoms with Crippen molar-refractivity contribution in [2.45, 2.75) is 6.18 Å². The third-order valence-electron chi connectivity index (χ3n) is 2.52. The van der Waals surface area contributed by atoms with Crippen molar-refractivity contribution in [2.24, 2.45) is 0 Å². The van der Waals surface area contributed by atoms with Crippen LogP contribution in [0.4, 0.5) is 18.9 Å². The molecule has 0 aliphatic rings. The molecule has 2 rings (SSSR count). The summed E-state index contributed by atoms with van der Waals surface area (Å²) in [6, 6.07) is 5.07. The van der Waals surface area contributed by atoms with Gasteiger partial charge in [0.05, 0.1) is 11.3 Å². The minimum atomic E-state index is -4.43. The van der Waals surface area contributed by atoms with Crippen LogP contribution in [0.2, 0.25) is 0 Å². The van der Waals surface area contributed by atoms with Gasteiger partial charge in [0, 0.05) is 9.65 Å². The zero-order valence-corrected chi connectivity index (χ0v) is 13.4. The van der Waals surface area contributed by atoms with E-state index in [4.69, 9.17) is 0 Å². The Morgan fingerprint density at radius 1 is 1.29 bits per heavy atom. The highest BCUT2D eigenvalue weighted by atomic mass is 127. The first-order valence-corrected chi connectivity index (χ1v) is 7.76. The monoisotopic (exact) mass is 423 g/mol. The second-order valence-electron chi connectivity index (χ2n) is 4.07. The van der Waals surface area contributed by atoms with Gasteiger partial charge < -0.3 is 5.32 Å². The van der Waals surface area contributed by atoms with E-state index in [-0.39, 0.29) is 5.69 Å². The number of alkyl halides is 3. The third kappa shape index (κ3) is 4.57. The number of amides is 1. The van der Waals surface area contributed by atoms with Gasteiger partial charge >= 0.3 is 6.18 Å². The zero-order valence-electron chi connectivity index (χ0n) is 10.4. The smallest absolute Gasteiger partial charge is 0.322 e. The van der Waals surface area contributed by atoms with Crippen LogP contribution >= 0.6 is 33.9 Å². The second kappa shape index (κ2) is 6.61. The molecular weight excluding hydrogens is 414 g/mol. The summed E-state index contributed by atoms with van der Waals surface area (Å²) in [4.78, 5) is 11.7. The van der Waals surface area contributed by atoms with Crippen LogP contribution < -0.4 is 5.32 Å². The summed E-state index contributed by atoms with van der Waals surface area (Å²) in [5.74, 6) is -0.474. The normalized spacial score (nSPS) is 11.8. The van der Waals surface area contributed by atoms with Crippen molar-refractivity contribution in [1.29, 1.82) is 0 Å². The Kier molecular flexibility index (Phi) is 5.04. The van der Waals surface area contributed by atoms with Crippen LogP contribution in [0.5, 0.6) is 0 Å². The van der Waals surface area contributed by atoms with E-state index in [1.54, 1.807) is 6.08 Å². The van der Waals surface area contributed by atoms with Gasteiger partial charge in [0.15, 0.2) is 0 Å². The van der Waals surface area contributed by atoms with Gasteiger partial charge in [-0.3, -0.25) is 4.79 Å². The number of nitrogens with one attached hydrogen (secondary N) is 1. The summed E-state index contributed by atoms with van der Waals surface area (Å²) >= 11 is 3.37. The van der Waals surface area contributed by atoms with Crippen molar-refractivity contribution in [3.8, 4) is 0 Å². The van der Waals surface area contributed by atoms with Crippen molar-refractivity contribution in [3.63, 3.8) is 0 Å². The largest absolute Gasteiger partial charge is 0.416 e. The Morgan fingerprint density at radius 2 is 2.05 bits per heavy atom. The molecule has 0 unspecified atom stereocenters. The maximum Gasteiger partial charge on any atom is 0.416 e. The molecule has 1 amide bonds. The van der Waals surface area contributed by atoms with Crippen LogP contribution in [0, 0.1) is 3.57 Å². The predicted octanol–water partition coefficient (Wildman–Crippen LogP) is 5.02. The van der Waals surface area contributed by atoms with E-state index >= 15 is 0 Å². The number of anilines is 1. The van der Waals surface area contributed by atoms with Crippen molar-refractivity contribution in [1.82, 2.24) is 0 Å². The van der Waals surface area contributed by atoms with E-state index in [9.17, 15) is 18.0 Å². The summed E-state index contributed by atoms with van der Waals surface area (Å²) in [5.41, 5.74) is 0.222. The Morgan fingerprint density at radius 3 is 2.67 bits per heavy atom. The molecule has 0 spiro atoms. The minimum Gasteiger partial charge on any atom is -0.322 e. The molecule has 0 bridgehead atoms. The van der Waals surface area contributed by atoms with Gasteiger partial charge in [-0.15, -0.1) is 0 Å². The maximum absolute atomic E-state index is 12.6. The lowest BCUT2D eigenvalue weighted by atomic mass is 10.2. The quantitative estimate of drug-likeness (QED) is 0.545. The summed E-state index contributed by atoms with van der Waals surface area (Å²) in [6.07, 6.45) is -1.54. The van der Waals surface area contributed by atoms with Crippen molar-refractivity contribution in [2.75, 3.05) is 5.32 Å². The van der Waals surface area contributed by atoms with Gasteiger partial charge in [-0.1, -0.05) is 0 Å². The highest BCUT2D eigenvalue weighted by Crippen LogP contribution is 2.32. The molecular formula is C14H9F3INOS. The van der Waals surface area contributed by atoms with Gasteiger partial charge in [0.2, 0.25) is 5.91 Å². The molecule has 0 fully saturated rings. The van der Waals surface area contributed by atoms with E-state index in [0.717, 1.165) is 17.7 Å². The molecule has 21 heavy (non-hydrogen) atoms. The van der Waals surface area contributed by atoms with Crippen LogP contribution in [0.25, 0.3) is 6.08 Å². The van der Waals surface area contributed by atoms with E-state index in [2.05, 4.69) is 5.32 Å². The molecule has 1 aromatic heterocycles. The second-order valence-corrected chi connectivity index (χ2v) is 6.01. The molecule has 2 nitrogen and oxygen atoms in total. The van der Waals surface area contributed by atoms with Crippen LogP contribution in [0.1, 0.15) is 11.1 Å². The number of carbonyl (C=O) groups excluding carboxylic acids is 1. The topological polar surface area (TPSA) is 29.1 Å². The number of hydrogen-bond acceptors (Lipinski definition) is 2.